The van der Waals surface area contributed by atoms with Crippen LogP contribution in [0.5, 0.6) is 5.75 Å². The number of aryl methyl sites for hydroxylation is 1. The van der Waals surface area contributed by atoms with Gasteiger partial charge in [0.05, 0.1) is 19.8 Å². The van der Waals surface area contributed by atoms with Crippen molar-refractivity contribution >= 4 is 18.7 Å². The summed E-state index contributed by atoms with van der Waals surface area (Å²) in [5, 5.41) is 5.67. The summed E-state index contributed by atoms with van der Waals surface area (Å²) in [6.07, 6.45) is 6.00. The summed E-state index contributed by atoms with van der Waals surface area (Å²) in [6, 6.07) is 8.33. The molecular weight excluding hydrogens is 424 g/mol. The van der Waals surface area contributed by atoms with Crippen LogP contribution in [0.4, 0.5) is 0 Å². The summed E-state index contributed by atoms with van der Waals surface area (Å²) < 4.78 is 11.1. The van der Waals surface area contributed by atoms with E-state index in [0.717, 1.165) is 51.0 Å². The van der Waals surface area contributed by atoms with Crippen LogP contribution in [0, 0.1) is 0 Å². The molecule has 188 valence electrons. The highest BCUT2D eigenvalue weighted by molar-refractivity contribution is 5.78. The lowest BCUT2D eigenvalue weighted by atomic mass is 10.1. The van der Waals surface area contributed by atoms with Crippen molar-refractivity contribution in [1.29, 1.82) is 0 Å². The number of carbonyl (C=O) groups is 3. The van der Waals surface area contributed by atoms with Crippen molar-refractivity contribution in [3.05, 3.63) is 29.8 Å². The topological polar surface area (TPSA) is 123 Å². The van der Waals surface area contributed by atoms with Gasteiger partial charge in [-0.05, 0) is 57.7 Å². The molecule has 33 heavy (non-hydrogen) atoms. The molecule has 1 aromatic rings. The number of ether oxygens (including phenoxy) is 2. The summed E-state index contributed by atoms with van der Waals surface area (Å²) in [4.78, 5) is 32.3. The number of amides is 3. The molecule has 3 rings (SSSR count). The Morgan fingerprint density at radius 1 is 1.30 bits per heavy atom. The van der Waals surface area contributed by atoms with Crippen LogP contribution in [-0.2, 0) is 25.5 Å². The molecule has 9 nitrogen and oxygen atoms in total. The zero-order chi connectivity index (χ0) is 24.9. The summed E-state index contributed by atoms with van der Waals surface area (Å²) >= 11 is 0. The Balaban J connectivity index is 0.000000569. The van der Waals surface area contributed by atoms with Crippen molar-refractivity contribution in [1.82, 2.24) is 15.5 Å². The lowest BCUT2D eigenvalue weighted by Gasteiger charge is -2.21. The van der Waals surface area contributed by atoms with E-state index < -0.39 is 0 Å². The lowest BCUT2D eigenvalue weighted by molar-refractivity contribution is -0.128. The normalized spacial score (nSPS) is 16.6. The zero-order valence-electron chi connectivity index (χ0n) is 20.5. The SMILES string of the molecule is CC.CNCC(=O)NC(C)CCOC1CCCN1C=O.NC=O.c1ccc2c(c1)CCCO2. The first-order valence-electron chi connectivity index (χ1n) is 11.7. The van der Waals surface area contributed by atoms with E-state index >= 15 is 0 Å². The van der Waals surface area contributed by atoms with Gasteiger partial charge in [0.15, 0.2) is 0 Å². The Bertz CT molecular complexity index is 634. The highest BCUT2D eigenvalue weighted by Crippen LogP contribution is 2.23. The van der Waals surface area contributed by atoms with Crippen LogP contribution < -0.4 is 21.1 Å². The molecule has 0 bridgehead atoms. The first kappa shape index (κ1) is 30.4. The molecule has 4 N–H and O–H groups in total. The number of carbonyl (C=O) groups excluding carboxylic acids is 3. The van der Waals surface area contributed by atoms with Crippen molar-refractivity contribution < 1.29 is 23.9 Å². The van der Waals surface area contributed by atoms with Crippen molar-refractivity contribution in [2.24, 2.45) is 5.73 Å². The summed E-state index contributed by atoms with van der Waals surface area (Å²) in [6.45, 7) is 8.49. The second-order valence-electron chi connectivity index (χ2n) is 7.29. The number of nitrogens with one attached hydrogen (secondary N) is 2. The van der Waals surface area contributed by atoms with Crippen LogP contribution in [0.3, 0.4) is 0 Å². The van der Waals surface area contributed by atoms with Crippen LogP contribution >= 0.6 is 0 Å². The number of hydrogen-bond acceptors (Lipinski definition) is 6. The molecule has 9 heteroatoms. The quantitative estimate of drug-likeness (QED) is 0.503. The Kier molecular flexibility index (Phi) is 18.4. The third-order valence-corrected chi connectivity index (χ3v) is 4.80. The van der Waals surface area contributed by atoms with Gasteiger partial charge in [0, 0.05) is 12.6 Å². The lowest BCUT2D eigenvalue weighted by Crippen LogP contribution is -2.39. The highest BCUT2D eigenvalue weighted by atomic mass is 16.5. The predicted octanol–water partition coefficient (Wildman–Crippen LogP) is 1.83. The van der Waals surface area contributed by atoms with E-state index in [9.17, 15) is 9.59 Å². The van der Waals surface area contributed by atoms with Crippen LogP contribution in [0.2, 0.25) is 0 Å². The maximum atomic E-state index is 11.3. The number of nitrogens with two attached hydrogens (primary N) is 1. The van der Waals surface area contributed by atoms with Crippen molar-refractivity contribution in [3.63, 3.8) is 0 Å². The standard InChI is InChI=1S/C12H23N3O3.C9H10O.C2H6.CH3NO/c1-10(14-11(17)8-13-2)5-7-18-12-4-3-6-15(12)9-16;1-2-6-9-8(4-1)5-3-7-10-9;1-2;2-1-3/h9-10,12-13H,3-8H2,1-2H3,(H,14,17);1-2,4,6H,3,5,7H2;1-2H3;1H,(H2,2,3). The fourth-order valence-corrected chi connectivity index (χ4v) is 3.29. The monoisotopic (exact) mass is 466 g/mol. The van der Waals surface area contributed by atoms with Crippen molar-refractivity contribution in [2.45, 2.75) is 65.1 Å². The Hall–Kier alpha value is -2.65. The number of hydrogen-bond donors (Lipinski definition) is 3. The summed E-state index contributed by atoms with van der Waals surface area (Å²) in [7, 11) is 1.74. The maximum Gasteiger partial charge on any atom is 0.234 e. The Morgan fingerprint density at radius 3 is 2.64 bits per heavy atom. The summed E-state index contributed by atoms with van der Waals surface area (Å²) in [5.41, 5.74) is 5.52. The molecule has 1 saturated heterocycles. The Labute approximate surface area is 198 Å². The van der Waals surface area contributed by atoms with Gasteiger partial charge in [0.25, 0.3) is 0 Å². The van der Waals surface area contributed by atoms with Gasteiger partial charge in [-0.25, -0.2) is 0 Å². The number of likely N-dealkylation sites (tertiary alicyclic amines) is 1. The minimum atomic E-state index is -0.0808. The minimum Gasteiger partial charge on any atom is -0.493 e. The number of nitrogens with zero attached hydrogens (tertiary/aromatic N) is 1. The highest BCUT2D eigenvalue weighted by Gasteiger charge is 2.23. The molecule has 3 amide bonds. The molecule has 0 saturated carbocycles. The van der Waals surface area contributed by atoms with Gasteiger partial charge < -0.3 is 30.7 Å². The minimum absolute atomic E-state index is 0.0135. The molecule has 0 radical (unpaired) electrons. The van der Waals surface area contributed by atoms with Crippen LogP contribution in [0.25, 0.3) is 0 Å². The molecule has 2 heterocycles. The largest absolute Gasteiger partial charge is 0.493 e. The molecule has 0 aliphatic carbocycles. The average molecular weight is 467 g/mol. The van der Waals surface area contributed by atoms with E-state index in [1.165, 1.54) is 12.0 Å². The van der Waals surface area contributed by atoms with Gasteiger partial charge >= 0.3 is 0 Å². The van der Waals surface area contributed by atoms with Crippen LogP contribution in [0.15, 0.2) is 24.3 Å². The first-order chi connectivity index (χ1) is 16.0. The zero-order valence-corrected chi connectivity index (χ0v) is 20.5. The van der Waals surface area contributed by atoms with E-state index in [0.29, 0.717) is 13.2 Å². The first-order valence-corrected chi connectivity index (χ1v) is 11.7. The van der Waals surface area contributed by atoms with Gasteiger partial charge in [-0.1, -0.05) is 32.0 Å². The van der Waals surface area contributed by atoms with E-state index in [1.807, 2.05) is 32.9 Å². The van der Waals surface area contributed by atoms with E-state index in [1.54, 1.807) is 11.9 Å². The van der Waals surface area contributed by atoms with Gasteiger partial charge in [-0.3, -0.25) is 14.4 Å². The number of primary amides is 1. The average Bonchev–Trinajstić information content (AvgIpc) is 3.29. The van der Waals surface area contributed by atoms with E-state index in [2.05, 4.69) is 28.5 Å². The van der Waals surface area contributed by atoms with Gasteiger partial charge in [-0.2, -0.15) is 0 Å². The number of rotatable bonds is 8. The number of fused-ring (bicyclic) bond motifs is 1. The summed E-state index contributed by atoms with van der Waals surface area (Å²) in [5.74, 6) is 1.06. The van der Waals surface area contributed by atoms with Crippen molar-refractivity contribution in [3.8, 4) is 5.75 Å². The third kappa shape index (κ3) is 13.5. The molecule has 0 spiro atoms. The van der Waals surface area contributed by atoms with Gasteiger partial charge in [0.1, 0.15) is 12.0 Å². The number of para-hydroxylation sites is 1. The second-order valence-corrected chi connectivity index (χ2v) is 7.29. The third-order valence-electron chi connectivity index (χ3n) is 4.80. The smallest absolute Gasteiger partial charge is 0.234 e. The number of likely N-dealkylation sites (N-methyl/N-ethyl adjacent to an activating group) is 1. The maximum absolute atomic E-state index is 11.3. The van der Waals surface area contributed by atoms with Gasteiger partial charge in [0.2, 0.25) is 18.7 Å². The molecule has 2 unspecified atom stereocenters. The molecule has 0 aromatic heterocycles. The Morgan fingerprint density at radius 2 is 2.00 bits per heavy atom. The van der Waals surface area contributed by atoms with Crippen LogP contribution in [0.1, 0.15) is 52.0 Å². The van der Waals surface area contributed by atoms with E-state index in [-0.39, 0.29) is 24.6 Å². The van der Waals surface area contributed by atoms with E-state index in [4.69, 9.17) is 14.3 Å². The fraction of sp³-hybridized carbons (Fsp3) is 0.625. The van der Waals surface area contributed by atoms with Crippen LogP contribution in [-0.4, -0.2) is 69.2 Å². The molecule has 1 fully saturated rings. The van der Waals surface area contributed by atoms with Gasteiger partial charge in [-0.15, -0.1) is 0 Å². The molecule has 1 aromatic carbocycles. The molecule has 2 aliphatic rings. The fourth-order valence-electron chi connectivity index (χ4n) is 3.29. The van der Waals surface area contributed by atoms with Crippen molar-refractivity contribution in [2.75, 3.05) is 33.4 Å². The molecule has 2 aliphatic heterocycles. The molecular formula is C24H42N4O5. The molecule has 2 atom stereocenters. The second kappa shape index (κ2) is 20.0. The number of benzene rings is 1. The predicted molar refractivity (Wildman–Crippen MR) is 130 cm³/mol.